The zero-order valence-electron chi connectivity index (χ0n) is 13.5. The van der Waals surface area contributed by atoms with Crippen LogP contribution in [0.15, 0.2) is 29.8 Å². The van der Waals surface area contributed by atoms with Gasteiger partial charge in [-0.3, -0.25) is 0 Å². The minimum atomic E-state index is 0.338. The largest absolute Gasteiger partial charge is 0.354 e. The van der Waals surface area contributed by atoms with Crippen molar-refractivity contribution in [1.82, 2.24) is 9.38 Å². The number of rotatable bonds is 1. The van der Waals surface area contributed by atoms with Gasteiger partial charge in [-0.2, -0.15) is 0 Å². The van der Waals surface area contributed by atoms with Crippen LogP contribution in [-0.4, -0.2) is 22.5 Å². The van der Waals surface area contributed by atoms with E-state index >= 15 is 0 Å². The third-order valence-electron chi connectivity index (χ3n) is 4.76. The Morgan fingerprint density at radius 1 is 1.32 bits per heavy atom. The summed E-state index contributed by atoms with van der Waals surface area (Å²) in [7, 11) is 0. The van der Waals surface area contributed by atoms with Crippen molar-refractivity contribution in [3.63, 3.8) is 0 Å². The lowest BCUT2D eigenvalue weighted by Crippen LogP contribution is -2.33. The van der Waals surface area contributed by atoms with Crippen LogP contribution in [0.1, 0.15) is 33.6 Å². The average Bonchev–Trinajstić information content (AvgIpc) is 3.06. The standard InChI is InChI=1S/C18H23N3S/c1-13-6-9-20(12-18(2,3)11-13)16-15-5-4-8-21(15)17-14(19-16)7-10-22-17/h4-5,7-8,10,13H,6,9,11-12H2,1-3H3. The second kappa shape index (κ2) is 4.98. The van der Waals surface area contributed by atoms with Crippen molar-refractivity contribution < 1.29 is 0 Å². The highest BCUT2D eigenvalue weighted by atomic mass is 32.1. The number of aromatic nitrogens is 2. The lowest BCUT2D eigenvalue weighted by atomic mass is 9.83. The van der Waals surface area contributed by atoms with E-state index < -0.39 is 0 Å². The molecule has 3 aromatic rings. The van der Waals surface area contributed by atoms with Gasteiger partial charge in [0.1, 0.15) is 10.3 Å². The van der Waals surface area contributed by atoms with E-state index in [-0.39, 0.29) is 0 Å². The molecule has 116 valence electrons. The van der Waals surface area contributed by atoms with Crippen LogP contribution in [0.3, 0.4) is 0 Å². The van der Waals surface area contributed by atoms with Crippen LogP contribution in [0.2, 0.25) is 0 Å². The van der Waals surface area contributed by atoms with Crippen molar-refractivity contribution in [3.8, 4) is 0 Å². The van der Waals surface area contributed by atoms with Crippen molar-refractivity contribution in [2.24, 2.45) is 11.3 Å². The minimum Gasteiger partial charge on any atom is -0.354 e. The molecule has 0 aromatic carbocycles. The molecule has 3 nitrogen and oxygen atoms in total. The number of hydrogen-bond donors (Lipinski definition) is 0. The monoisotopic (exact) mass is 313 g/mol. The molecule has 0 saturated carbocycles. The summed E-state index contributed by atoms with van der Waals surface area (Å²) in [5, 5.41) is 2.13. The van der Waals surface area contributed by atoms with Crippen molar-refractivity contribution in [1.29, 1.82) is 0 Å². The average molecular weight is 313 g/mol. The van der Waals surface area contributed by atoms with Crippen LogP contribution in [0.25, 0.3) is 15.9 Å². The Balaban J connectivity index is 1.86. The van der Waals surface area contributed by atoms with Gasteiger partial charge < -0.3 is 9.30 Å². The zero-order chi connectivity index (χ0) is 15.3. The van der Waals surface area contributed by atoms with Gasteiger partial charge in [-0.05, 0) is 47.8 Å². The molecule has 0 bridgehead atoms. The van der Waals surface area contributed by atoms with Gasteiger partial charge in [-0.15, -0.1) is 11.3 Å². The summed E-state index contributed by atoms with van der Waals surface area (Å²) in [6, 6.07) is 6.46. The highest BCUT2D eigenvalue weighted by molar-refractivity contribution is 7.16. The fourth-order valence-electron chi connectivity index (χ4n) is 3.97. The quantitative estimate of drug-likeness (QED) is 0.642. The first-order valence-corrected chi connectivity index (χ1v) is 9.01. The molecule has 0 radical (unpaired) electrons. The van der Waals surface area contributed by atoms with Crippen LogP contribution >= 0.6 is 11.3 Å². The van der Waals surface area contributed by atoms with Gasteiger partial charge in [0.2, 0.25) is 0 Å². The molecule has 0 aliphatic carbocycles. The van der Waals surface area contributed by atoms with Gasteiger partial charge in [0, 0.05) is 19.3 Å². The van der Waals surface area contributed by atoms with Crippen LogP contribution in [0.5, 0.6) is 0 Å². The maximum absolute atomic E-state index is 5.01. The van der Waals surface area contributed by atoms with Crippen molar-refractivity contribution >= 4 is 33.0 Å². The molecule has 22 heavy (non-hydrogen) atoms. The van der Waals surface area contributed by atoms with E-state index in [1.54, 1.807) is 11.3 Å². The third-order valence-corrected chi connectivity index (χ3v) is 5.66. The predicted molar refractivity (Wildman–Crippen MR) is 95.0 cm³/mol. The van der Waals surface area contributed by atoms with E-state index in [4.69, 9.17) is 4.98 Å². The summed E-state index contributed by atoms with van der Waals surface area (Å²) in [6.07, 6.45) is 4.70. The first-order chi connectivity index (χ1) is 10.5. The Hall–Kier alpha value is -1.55. The third kappa shape index (κ3) is 2.30. The Morgan fingerprint density at radius 2 is 2.18 bits per heavy atom. The van der Waals surface area contributed by atoms with Gasteiger partial charge in [0.15, 0.2) is 5.82 Å². The molecule has 0 amide bonds. The molecule has 1 saturated heterocycles. The van der Waals surface area contributed by atoms with E-state index in [1.807, 2.05) is 0 Å². The lowest BCUT2D eigenvalue weighted by molar-refractivity contribution is 0.302. The number of thiophene rings is 1. The first kappa shape index (κ1) is 14.1. The highest BCUT2D eigenvalue weighted by Crippen LogP contribution is 2.36. The molecule has 1 fully saturated rings. The second-order valence-electron chi connectivity index (χ2n) is 7.49. The van der Waals surface area contributed by atoms with E-state index in [9.17, 15) is 0 Å². The minimum absolute atomic E-state index is 0.338. The molecule has 1 atom stereocenters. The van der Waals surface area contributed by atoms with Gasteiger partial charge in [-0.1, -0.05) is 20.8 Å². The Morgan fingerprint density at radius 3 is 3.05 bits per heavy atom. The topological polar surface area (TPSA) is 20.5 Å². The molecule has 4 heterocycles. The van der Waals surface area contributed by atoms with Crippen molar-refractivity contribution in [2.75, 3.05) is 18.0 Å². The van der Waals surface area contributed by atoms with Gasteiger partial charge >= 0.3 is 0 Å². The fraction of sp³-hybridized carbons (Fsp3) is 0.500. The summed E-state index contributed by atoms with van der Waals surface area (Å²) in [4.78, 5) is 8.76. The van der Waals surface area contributed by atoms with Crippen molar-refractivity contribution in [3.05, 3.63) is 29.8 Å². The lowest BCUT2D eigenvalue weighted by Gasteiger charge is -2.31. The molecule has 0 spiro atoms. The van der Waals surface area contributed by atoms with Crippen LogP contribution in [-0.2, 0) is 0 Å². The van der Waals surface area contributed by atoms with Crippen molar-refractivity contribution in [2.45, 2.75) is 33.6 Å². The molecule has 3 aromatic heterocycles. The smallest absolute Gasteiger partial charge is 0.153 e. The maximum Gasteiger partial charge on any atom is 0.153 e. The Kier molecular flexibility index (Phi) is 3.19. The van der Waals surface area contributed by atoms with E-state index in [2.05, 4.69) is 59.8 Å². The van der Waals surface area contributed by atoms with E-state index in [0.29, 0.717) is 5.41 Å². The molecular weight excluding hydrogens is 290 g/mol. The normalized spacial score (nSPS) is 22.3. The summed E-state index contributed by atoms with van der Waals surface area (Å²) < 4.78 is 2.30. The van der Waals surface area contributed by atoms with E-state index in [0.717, 1.165) is 30.3 Å². The first-order valence-electron chi connectivity index (χ1n) is 8.13. The predicted octanol–water partition coefficient (Wildman–Crippen LogP) is 4.81. The summed E-state index contributed by atoms with van der Waals surface area (Å²) in [5.74, 6) is 1.94. The van der Waals surface area contributed by atoms with Crippen LogP contribution in [0.4, 0.5) is 5.82 Å². The number of hydrogen-bond acceptors (Lipinski definition) is 3. The number of nitrogens with zero attached hydrogens (tertiary/aromatic N) is 3. The SMILES string of the molecule is CC1CCN(c2nc3ccsc3n3cccc23)CC(C)(C)C1. The van der Waals surface area contributed by atoms with Gasteiger partial charge in [0.05, 0.1) is 5.52 Å². The molecular formula is C18H23N3S. The summed E-state index contributed by atoms with van der Waals surface area (Å²) in [5.41, 5.74) is 2.68. The van der Waals surface area contributed by atoms with E-state index in [1.165, 1.54) is 23.2 Å². The fourth-order valence-corrected chi connectivity index (χ4v) is 4.80. The summed E-state index contributed by atoms with van der Waals surface area (Å²) in [6.45, 7) is 9.35. The maximum atomic E-state index is 5.01. The Labute approximate surface area is 135 Å². The molecule has 4 heteroatoms. The Bertz CT molecular complexity index is 814. The van der Waals surface area contributed by atoms with Crippen LogP contribution in [0, 0.1) is 11.3 Å². The zero-order valence-corrected chi connectivity index (χ0v) is 14.4. The van der Waals surface area contributed by atoms with Gasteiger partial charge in [-0.25, -0.2) is 4.98 Å². The second-order valence-corrected chi connectivity index (χ2v) is 8.39. The molecule has 1 aliphatic rings. The number of fused-ring (bicyclic) bond motifs is 3. The molecule has 0 N–H and O–H groups in total. The summed E-state index contributed by atoms with van der Waals surface area (Å²) >= 11 is 1.76. The van der Waals surface area contributed by atoms with Gasteiger partial charge in [0.25, 0.3) is 0 Å². The van der Waals surface area contributed by atoms with Crippen LogP contribution < -0.4 is 4.90 Å². The molecule has 1 aliphatic heterocycles. The number of anilines is 1. The molecule has 1 unspecified atom stereocenters. The highest BCUT2D eigenvalue weighted by Gasteiger charge is 2.29. The molecule has 4 rings (SSSR count).